The lowest BCUT2D eigenvalue weighted by Crippen LogP contribution is -2.49. The fourth-order valence-corrected chi connectivity index (χ4v) is 2.87. The number of rotatable bonds is 7. The van der Waals surface area contributed by atoms with Gasteiger partial charge in [-0.3, -0.25) is 15.3 Å². The molecule has 132 valence electrons. The number of pyridine rings is 2. The number of nitrogens with zero attached hydrogens (tertiary/aromatic N) is 4. The molecule has 1 aliphatic heterocycles. The summed E-state index contributed by atoms with van der Waals surface area (Å²) in [6.45, 7) is 0.735. The molecule has 2 aromatic heterocycles. The second-order valence-electron chi connectivity index (χ2n) is 5.89. The molecule has 0 bridgehead atoms. The Hall–Kier alpha value is -3.24. The normalized spacial score (nSPS) is 19.8. The van der Waals surface area contributed by atoms with Crippen LogP contribution in [0.3, 0.4) is 0 Å². The quantitative estimate of drug-likeness (QED) is 0.698. The van der Waals surface area contributed by atoms with Gasteiger partial charge in [0.25, 0.3) is 0 Å². The average molecular weight is 347 g/mol. The molecule has 0 amide bonds. The van der Waals surface area contributed by atoms with E-state index in [1.54, 1.807) is 25.8 Å². The van der Waals surface area contributed by atoms with Crippen molar-refractivity contribution in [2.24, 2.45) is 4.99 Å². The predicted octanol–water partition coefficient (Wildman–Crippen LogP) is 1.30. The van der Waals surface area contributed by atoms with Gasteiger partial charge in [-0.2, -0.15) is 5.26 Å². The fourth-order valence-electron chi connectivity index (χ4n) is 2.87. The van der Waals surface area contributed by atoms with Crippen LogP contribution in [0.1, 0.15) is 17.2 Å². The summed E-state index contributed by atoms with van der Waals surface area (Å²) in [4.78, 5) is 13.0. The molecule has 3 N–H and O–H groups in total. The van der Waals surface area contributed by atoms with Crippen molar-refractivity contribution in [3.8, 4) is 6.07 Å². The third kappa shape index (κ3) is 3.87. The molecule has 1 aliphatic rings. The SMILES string of the molecule is CNC1(C(C#N)c2ccccn2)C=C(NCCc2cccnc2)NC=N1. The first-order valence-electron chi connectivity index (χ1n) is 8.43. The summed E-state index contributed by atoms with van der Waals surface area (Å²) in [5.41, 5.74) is 0.952. The Kier molecular flexibility index (Phi) is 5.56. The van der Waals surface area contributed by atoms with E-state index in [-0.39, 0.29) is 0 Å². The molecule has 0 radical (unpaired) electrons. The summed E-state index contributed by atoms with van der Waals surface area (Å²) in [6, 6.07) is 11.9. The molecule has 0 fully saturated rings. The molecule has 26 heavy (non-hydrogen) atoms. The van der Waals surface area contributed by atoms with Crippen LogP contribution in [0.5, 0.6) is 0 Å². The molecule has 3 rings (SSSR count). The highest BCUT2D eigenvalue weighted by atomic mass is 15.2. The molecular weight excluding hydrogens is 326 g/mol. The Morgan fingerprint density at radius 2 is 2.19 bits per heavy atom. The number of hydrogen-bond donors (Lipinski definition) is 3. The van der Waals surface area contributed by atoms with Crippen molar-refractivity contribution in [1.29, 1.82) is 5.26 Å². The van der Waals surface area contributed by atoms with Crippen molar-refractivity contribution < 1.29 is 0 Å². The fraction of sp³-hybridized carbons (Fsp3) is 0.263. The molecular formula is C19H21N7. The number of nitrogens with one attached hydrogen (secondary N) is 3. The zero-order valence-corrected chi connectivity index (χ0v) is 14.6. The Balaban J connectivity index is 1.75. The van der Waals surface area contributed by atoms with Crippen LogP contribution in [0, 0.1) is 11.3 Å². The zero-order valence-electron chi connectivity index (χ0n) is 14.6. The highest BCUT2D eigenvalue weighted by Gasteiger charge is 2.39. The molecule has 7 nitrogen and oxygen atoms in total. The number of nitriles is 1. The summed E-state index contributed by atoms with van der Waals surface area (Å²) >= 11 is 0. The summed E-state index contributed by atoms with van der Waals surface area (Å²) in [5, 5.41) is 19.4. The number of likely N-dealkylation sites (N-methyl/N-ethyl adjacent to an activating group) is 1. The Morgan fingerprint density at radius 3 is 2.88 bits per heavy atom. The van der Waals surface area contributed by atoms with Crippen molar-refractivity contribution in [3.05, 3.63) is 72.1 Å². The molecule has 2 aromatic rings. The van der Waals surface area contributed by atoms with Crippen molar-refractivity contribution in [2.75, 3.05) is 13.6 Å². The maximum absolute atomic E-state index is 9.76. The van der Waals surface area contributed by atoms with Crippen LogP contribution in [-0.2, 0) is 6.42 Å². The van der Waals surface area contributed by atoms with E-state index in [9.17, 15) is 5.26 Å². The van der Waals surface area contributed by atoms with Crippen LogP contribution in [0.4, 0.5) is 0 Å². The zero-order chi connectivity index (χ0) is 18.2. The van der Waals surface area contributed by atoms with E-state index in [1.165, 1.54) is 0 Å². The standard InChI is InChI=1S/C19H21N7/c1-21-19(16(12-20)17-6-2-3-9-23-17)11-18(25-14-26-19)24-10-7-15-5-4-8-22-13-15/h2-6,8-9,11,13-14,16,21,24H,7,10H2,1H3,(H,25,26). The predicted molar refractivity (Wildman–Crippen MR) is 100 cm³/mol. The first-order chi connectivity index (χ1) is 12.8. The van der Waals surface area contributed by atoms with Gasteiger partial charge < -0.3 is 10.6 Å². The van der Waals surface area contributed by atoms with Gasteiger partial charge in [-0.25, -0.2) is 4.99 Å². The van der Waals surface area contributed by atoms with E-state index in [2.05, 4.69) is 37.0 Å². The lowest BCUT2D eigenvalue weighted by molar-refractivity contribution is 0.403. The lowest BCUT2D eigenvalue weighted by atomic mass is 9.89. The Labute approximate surface area is 152 Å². The highest BCUT2D eigenvalue weighted by Crippen LogP contribution is 2.30. The van der Waals surface area contributed by atoms with Crippen molar-refractivity contribution in [1.82, 2.24) is 25.9 Å². The monoisotopic (exact) mass is 347 g/mol. The third-order valence-electron chi connectivity index (χ3n) is 4.27. The first-order valence-corrected chi connectivity index (χ1v) is 8.43. The topological polar surface area (TPSA) is 98.0 Å². The minimum atomic E-state index is -0.884. The van der Waals surface area contributed by atoms with Crippen LogP contribution < -0.4 is 16.0 Å². The van der Waals surface area contributed by atoms with Crippen LogP contribution >= 0.6 is 0 Å². The molecule has 0 aromatic carbocycles. The van der Waals surface area contributed by atoms with Gasteiger partial charge in [0.2, 0.25) is 0 Å². The number of hydrogen-bond acceptors (Lipinski definition) is 7. The van der Waals surface area contributed by atoms with Crippen LogP contribution in [0.15, 0.2) is 65.8 Å². The molecule has 0 saturated heterocycles. The van der Waals surface area contributed by atoms with Gasteiger partial charge in [0.1, 0.15) is 11.7 Å². The lowest BCUT2D eigenvalue weighted by Gasteiger charge is -2.33. The van der Waals surface area contributed by atoms with Gasteiger partial charge in [0.05, 0.1) is 18.1 Å². The minimum absolute atomic E-state index is 0.554. The maximum Gasteiger partial charge on any atom is 0.156 e. The first kappa shape index (κ1) is 17.6. The van der Waals surface area contributed by atoms with E-state index in [4.69, 9.17) is 0 Å². The van der Waals surface area contributed by atoms with Gasteiger partial charge in [-0.1, -0.05) is 12.1 Å². The van der Waals surface area contributed by atoms with Crippen molar-refractivity contribution in [3.63, 3.8) is 0 Å². The summed E-state index contributed by atoms with van der Waals surface area (Å²) < 4.78 is 0. The highest BCUT2D eigenvalue weighted by molar-refractivity contribution is 5.61. The van der Waals surface area contributed by atoms with E-state index in [0.29, 0.717) is 5.69 Å². The summed E-state index contributed by atoms with van der Waals surface area (Å²) in [7, 11) is 1.79. The van der Waals surface area contributed by atoms with Crippen LogP contribution in [0.25, 0.3) is 0 Å². The smallest absolute Gasteiger partial charge is 0.156 e. The van der Waals surface area contributed by atoms with E-state index < -0.39 is 11.6 Å². The Bertz CT molecular complexity index is 811. The van der Waals surface area contributed by atoms with Gasteiger partial charge >= 0.3 is 0 Å². The minimum Gasteiger partial charge on any atom is -0.371 e. The Morgan fingerprint density at radius 1 is 1.27 bits per heavy atom. The van der Waals surface area contributed by atoms with Crippen molar-refractivity contribution >= 4 is 6.34 Å². The van der Waals surface area contributed by atoms with Crippen molar-refractivity contribution in [2.45, 2.75) is 18.0 Å². The van der Waals surface area contributed by atoms with Gasteiger partial charge in [0, 0.05) is 25.1 Å². The van der Waals surface area contributed by atoms with Gasteiger partial charge in [0.15, 0.2) is 5.66 Å². The maximum atomic E-state index is 9.76. The largest absolute Gasteiger partial charge is 0.371 e. The second-order valence-corrected chi connectivity index (χ2v) is 5.89. The molecule has 7 heteroatoms. The number of aliphatic imine (C=N–C) groups is 1. The van der Waals surface area contributed by atoms with Crippen LogP contribution in [-0.4, -0.2) is 35.6 Å². The van der Waals surface area contributed by atoms with Gasteiger partial charge in [-0.05, 0) is 43.3 Å². The molecule has 0 aliphatic carbocycles. The van der Waals surface area contributed by atoms with E-state index in [0.717, 1.165) is 24.4 Å². The molecule has 0 spiro atoms. The number of aromatic nitrogens is 2. The molecule has 0 saturated carbocycles. The van der Waals surface area contributed by atoms with Crippen LogP contribution in [0.2, 0.25) is 0 Å². The summed E-state index contributed by atoms with van der Waals surface area (Å²) in [5.74, 6) is 0.247. The van der Waals surface area contributed by atoms with E-state index >= 15 is 0 Å². The molecule has 2 atom stereocenters. The van der Waals surface area contributed by atoms with Gasteiger partial charge in [-0.15, -0.1) is 0 Å². The second kappa shape index (κ2) is 8.23. The average Bonchev–Trinajstić information content (AvgIpc) is 2.70. The summed E-state index contributed by atoms with van der Waals surface area (Å²) in [6.07, 6.45) is 9.66. The molecule has 2 unspecified atom stereocenters. The van der Waals surface area contributed by atoms with E-state index in [1.807, 2.05) is 42.6 Å². The molecule has 3 heterocycles. The third-order valence-corrected chi connectivity index (χ3v) is 4.27.